The Kier molecular flexibility index (Phi) is 5.51. The van der Waals surface area contributed by atoms with Crippen molar-refractivity contribution in [2.75, 3.05) is 18.5 Å². The lowest BCUT2D eigenvalue weighted by Gasteiger charge is -2.11. The summed E-state index contributed by atoms with van der Waals surface area (Å²) in [6.45, 7) is 5.22. The van der Waals surface area contributed by atoms with Crippen molar-refractivity contribution < 1.29 is 4.74 Å². The average Bonchev–Trinajstić information content (AvgIpc) is 2.48. The lowest BCUT2D eigenvalue weighted by molar-refractivity contribution is 0.322. The molecule has 0 fully saturated rings. The summed E-state index contributed by atoms with van der Waals surface area (Å²) in [5.41, 5.74) is 2.34. The number of benzene rings is 1. The normalized spacial score (nSPS) is 10.0. The first-order valence-corrected chi connectivity index (χ1v) is 7.21. The van der Waals surface area contributed by atoms with Crippen molar-refractivity contribution in [3.05, 3.63) is 53.7 Å². The third kappa shape index (κ3) is 5.39. The monoisotopic (exact) mass is 301 g/mol. The van der Waals surface area contributed by atoms with Crippen LogP contribution in [-0.2, 0) is 0 Å². The molecule has 0 aliphatic rings. The number of hydrogen-bond acceptors (Lipinski definition) is 3. The Morgan fingerprint density at radius 1 is 1.10 bits per heavy atom. The molecule has 1 aromatic heterocycles. The molecule has 0 aliphatic heterocycles. The highest BCUT2D eigenvalue weighted by molar-refractivity contribution is 7.80. The van der Waals surface area contributed by atoms with E-state index in [9.17, 15) is 0 Å². The molecule has 0 saturated heterocycles. The van der Waals surface area contributed by atoms with E-state index in [1.54, 1.807) is 6.20 Å². The summed E-state index contributed by atoms with van der Waals surface area (Å²) in [5.74, 6) is 1.60. The topological polar surface area (TPSA) is 46.2 Å². The second-order valence-corrected chi connectivity index (χ2v) is 5.17. The number of thiocarbonyl (C=S) groups is 1. The number of ether oxygens (including phenoxy) is 1. The highest BCUT2D eigenvalue weighted by Crippen LogP contribution is 2.10. The number of aryl methyl sites for hydroxylation is 2. The van der Waals surface area contributed by atoms with Crippen LogP contribution in [0.15, 0.2) is 42.6 Å². The fourth-order valence-electron chi connectivity index (χ4n) is 1.67. The van der Waals surface area contributed by atoms with Gasteiger partial charge >= 0.3 is 0 Å². The smallest absolute Gasteiger partial charge is 0.172 e. The quantitative estimate of drug-likeness (QED) is 0.656. The van der Waals surface area contributed by atoms with E-state index >= 15 is 0 Å². The van der Waals surface area contributed by atoms with Crippen LogP contribution in [0.3, 0.4) is 0 Å². The Morgan fingerprint density at radius 3 is 2.48 bits per heavy atom. The molecule has 0 bridgehead atoms. The number of hydrogen-bond donors (Lipinski definition) is 2. The van der Waals surface area contributed by atoms with Crippen molar-refractivity contribution in [3.8, 4) is 5.75 Å². The number of aromatic nitrogens is 1. The summed E-state index contributed by atoms with van der Waals surface area (Å²) in [5, 5.41) is 6.65. The van der Waals surface area contributed by atoms with Gasteiger partial charge in [0.1, 0.15) is 18.2 Å². The number of nitrogens with one attached hydrogen (secondary N) is 2. The van der Waals surface area contributed by atoms with Crippen LogP contribution in [0.1, 0.15) is 11.1 Å². The van der Waals surface area contributed by atoms with E-state index in [4.69, 9.17) is 17.0 Å². The van der Waals surface area contributed by atoms with E-state index < -0.39 is 0 Å². The molecule has 0 saturated carbocycles. The second kappa shape index (κ2) is 7.59. The molecule has 0 atom stereocenters. The van der Waals surface area contributed by atoms with Crippen LogP contribution < -0.4 is 15.4 Å². The minimum Gasteiger partial charge on any atom is -0.492 e. The first-order chi connectivity index (χ1) is 10.1. The molecule has 5 heteroatoms. The van der Waals surface area contributed by atoms with Crippen molar-refractivity contribution in [1.82, 2.24) is 10.3 Å². The summed E-state index contributed by atoms with van der Waals surface area (Å²) in [4.78, 5) is 4.23. The van der Waals surface area contributed by atoms with Gasteiger partial charge in [0.05, 0.1) is 6.54 Å². The molecule has 2 aromatic rings. The molecule has 0 radical (unpaired) electrons. The van der Waals surface area contributed by atoms with Crippen LogP contribution in [0.5, 0.6) is 5.75 Å². The van der Waals surface area contributed by atoms with Crippen LogP contribution in [0.4, 0.5) is 5.82 Å². The summed E-state index contributed by atoms with van der Waals surface area (Å²) < 4.78 is 5.61. The molecule has 2 rings (SSSR count). The highest BCUT2D eigenvalue weighted by Gasteiger charge is 1.98. The molecule has 1 aromatic carbocycles. The van der Waals surface area contributed by atoms with Gasteiger partial charge in [0.25, 0.3) is 0 Å². The molecule has 0 amide bonds. The van der Waals surface area contributed by atoms with Gasteiger partial charge in [-0.05, 0) is 49.8 Å². The molecule has 2 N–H and O–H groups in total. The molecular formula is C16H19N3OS. The molecule has 0 spiro atoms. The standard InChI is InChI=1S/C16H19N3OS/c1-12-3-6-14(7-4-12)20-10-9-17-16(21)19-15-8-5-13(2)11-18-15/h3-8,11H,9-10H2,1-2H3,(H2,17,18,19,21). The molecular weight excluding hydrogens is 282 g/mol. The first kappa shape index (κ1) is 15.3. The van der Waals surface area contributed by atoms with Gasteiger partial charge in [-0.2, -0.15) is 0 Å². The average molecular weight is 301 g/mol. The Hall–Kier alpha value is -2.14. The summed E-state index contributed by atoms with van der Waals surface area (Å²) in [7, 11) is 0. The molecule has 21 heavy (non-hydrogen) atoms. The van der Waals surface area contributed by atoms with Gasteiger partial charge in [-0.1, -0.05) is 23.8 Å². The van der Waals surface area contributed by atoms with E-state index in [0.29, 0.717) is 18.3 Å². The minimum absolute atomic E-state index is 0.541. The van der Waals surface area contributed by atoms with Crippen LogP contribution in [-0.4, -0.2) is 23.2 Å². The minimum atomic E-state index is 0.541. The van der Waals surface area contributed by atoms with Gasteiger partial charge in [0.15, 0.2) is 5.11 Å². The first-order valence-electron chi connectivity index (χ1n) is 6.80. The Balaban J connectivity index is 1.67. The predicted octanol–water partition coefficient (Wildman–Crippen LogP) is 3.06. The largest absolute Gasteiger partial charge is 0.492 e. The molecule has 0 unspecified atom stereocenters. The molecule has 4 nitrogen and oxygen atoms in total. The van der Waals surface area contributed by atoms with Crippen molar-refractivity contribution in [3.63, 3.8) is 0 Å². The lowest BCUT2D eigenvalue weighted by Crippen LogP contribution is -2.32. The predicted molar refractivity (Wildman–Crippen MR) is 89.9 cm³/mol. The van der Waals surface area contributed by atoms with Gasteiger partial charge < -0.3 is 15.4 Å². The van der Waals surface area contributed by atoms with Crippen molar-refractivity contribution in [2.24, 2.45) is 0 Å². The zero-order valence-electron chi connectivity index (χ0n) is 12.2. The van der Waals surface area contributed by atoms with E-state index in [2.05, 4.69) is 22.5 Å². The summed E-state index contributed by atoms with van der Waals surface area (Å²) >= 11 is 5.20. The van der Waals surface area contributed by atoms with Crippen LogP contribution in [0.25, 0.3) is 0 Å². The van der Waals surface area contributed by atoms with Crippen molar-refractivity contribution in [1.29, 1.82) is 0 Å². The Bertz CT molecular complexity index is 581. The zero-order valence-corrected chi connectivity index (χ0v) is 13.0. The van der Waals surface area contributed by atoms with Crippen LogP contribution >= 0.6 is 12.2 Å². The number of pyridine rings is 1. The van der Waals surface area contributed by atoms with E-state index in [1.807, 2.05) is 43.3 Å². The van der Waals surface area contributed by atoms with Crippen LogP contribution in [0.2, 0.25) is 0 Å². The summed E-state index contributed by atoms with van der Waals surface area (Å²) in [6.07, 6.45) is 1.80. The van der Waals surface area contributed by atoms with E-state index in [-0.39, 0.29) is 0 Å². The second-order valence-electron chi connectivity index (χ2n) is 4.76. The maximum absolute atomic E-state index is 5.61. The highest BCUT2D eigenvalue weighted by atomic mass is 32.1. The van der Waals surface area contributed by atoms with Gasteiger partial charge in [0.2, 0.25) is 0 Å². The SMILES string of the molecule is Cc1ccc(OCCNC(=S)Nc2ccc(C)cn2)cc1. The van der Waals surface area contributed by atoms with Gasteiger partial charge in [0, 0.05) is 6.20 Å². The van der Waals surface area contributed by atoms with E-state index in [0.717, 1.165) is 17.1 Å². The number of rotatable bonds is 5. The fraction of sp³-hybridized carbons (Fsp3) is 0.250. The third-order valence-electron chi connectivity index (χ3n) is 2.83. The van der Waals surface area contributed by atoms with Gasteiger partial charge in [-0.15, -0.1) is 0 Å². The van der Waals surface area contributed by atoms with E-state index in [1.165, 1.54) is 5.56 Å². The van der Waals surface area contributed by atoms with Gasteiger partial charge in [-0.3, -0.25) is 0 Å². The van der Waals surface area contributed by atoms with Crippen molar-refractivity contribution in [2.45, 2.75) is 13.8 Å². The van der Waals surface area contributed by atoms with Crippen LogP contribution in [0, 0.1) is 13.8 Å². The Morgan fingerprint density at radius 2 is 1.81 bits per heavy atom. The van der Waals surface area contributed by atoms with Gasteiger partial charge in [-0.25, -0.2) is 4.98 Å². The maximum Gasteiger partial charge on any atom is 0.172 e. The number of nitrogens with zero attached hydrogens (tertiary/aromatic N) is 1. The lowest BCUT2D eigenvalue weighted by atomic mass is 10.2. The molecule has 110 valence electrons. The molecule has 1 heterocycles. The zero-order chi connectivity index (χ0) is 15.1. The number of anilines is 1. The summed E-state index contributed by atoms with van der Waals surface area (Å²) in [6, 6.07) is 11.9. The maximum atomic E-state index is 5.61. The fourth-order valence-corrected chi connectivity index (χ4v) is 1.88. The Labute approximate surface area is 130 Å². The molecule has 0 aliphatic carbocycles. The third-order valence-corrected chi connectivity index (χ3v) is 3.08. The van der Waals surface area contributed by atoms with Crippen molar-refractivity contribution >= 4 is 23.1 Å².